The molecule has 0 saturated heterocycles. The minimum atomic E-state index is -3.40. The molecule has 0 bridgehead atoms. The Morgan fingerprint density at radius 1 is 1.42 bits per heavy atom. The summed E-state index contributed by atoms with van der Waals surface area (Å²) in [5, 5.41) is 0. The van der Waals surface area contributed by atoms with E-state index in [1.54, 1.807) is 13.0 Å². The van der Waals surface area contributed by atoms with Crippen molar-refractivity contribution in [3.8, 4) is 0 Å². The number of hydrogen-bond donors (Lipinski definition) is 1. The van der Waals surface area contributed by atoms with E-state index >= 15 is 0 Å². The second-order valence-electron chi connectivity index (χ2n) is 4.17. The molecular weight excluding hydrogens is 268 g/mol. The molecule has 1 unspecified atom stereocenters. The van der Waals surface area contributed by atoms with Crippen molar-refractivity contribution in [2.45, 2.75) is 13.0 Å². The second-order valence-corrected chi connectivity index (χ2v) is 6.04. The number of nitrogens with one attached hydrogen (secondary N) is 1. The van der Waals surface area contributed by atoms with E-state index in [2.05, 4.69) is 9.71 Å². The molecule has 0 fully saturated rings. The Morgan fingerprint density at radius 2 is 2.16 bits per heavy atom. The number of oxazole rings is 1. The minimum absolute atomic E-state index is 0.0892. The number of sulfonamides is 1. The molecule has 6 nitrogen and oxygen atoms in total. The van der Waals surface area contributed by atoms with E-state index in [0.717, 1.165) is 0 Å². The Morgan fingerprint density at radius 3 is 2.84 bits per heavy atom. The SMILES string of the molecule is COCCS(=O)(=O)NC(C)c1nc2ccccc2o1. The van der Waals surface area contributed by atoms with Crippen molar-refractivity contribution in [2.75, 3.05) is 19.5 Å². The Bertz CT molecular complexity index is 618. The largest absolute Gasteiger partial charge is 0.439 e. The van der Waals surface area contributed by atoms with Crippen molar-refractivity contribution in [3.05, 3.63) is 30.2 Å². The molecule has 104 valence electrons. The maximum absolute atomic E-state index is 11.7. The molecular formula is C12H16N2O4S. The molecule has 0 radical (unpaired) electrons. The summed E-state index contributed by atoms with van der Waals surface area (Å²) in [6, 6.07) is 6.77. The molecule has 0 amide bonds. The lowest BCUT2D eigenvalue weighted by molar-refractivity contribution is 0.216. The molecule has 1 N–H and O–H groups in total. The Hall–Kier alpha value is -1.44. The Kier molecular flexibility index (Phi) is 4.18. The fraction of sp³-hybridized carbons (Fsp3) is 0.417. The number of nitrogens with zero attached hydrogens (tertiary/aromatic N) is 1. The molecule has 7 heteroatoms. The summed E-state index contributed by atoms with van der Waals surface area (Å²) in [4.78, 5) is 4.25. The van der Waals surface area contributed by atoms with Crippen molar-refractivity contribution in [1.82, 2.24) is 9.71 Å². The van der Waals surface area contributed by atoms with Gasteiger partial charge in [-0.25, -0.2) is 18.1 Å². The molecule has 0 aliphatic carbocycles. The second kappa shape index (κ2) is 5.68. The molecule has 1 atom stereocenters. The first kappa shape index (κ1) is 14.0. The fourth-order valence-corrected chi connectivity index (χ4v) is 2.79. The number of methoxy groups -OCH3 is 1. The normalized spacial score (nSPS) is 13.8. The molecule has 0 aliphatic rings. The summed E-state index contributed by atoms with van der Waals surface area (Å²) in [6.45, 7) is 1.84. The van der Waals surface area contributed by atoms with Crippen molar-refractivity contribution >= 4 is 21.1 Å². The van der Waals surface area contributed by atoms with Crippen molar-refractivity contribution in [2.24, 2.45) is 0 Å². The van der Waals surface area contributed by atoms with Crippen LogP contribution in [0.4, 0.5) is 0 Å². The summed E-state index contributed by atoms with van der Waals surface area (Å²) in [5.74, 6) is 0.260. The fourth-order valence-electron chi connectivity index (χ4n) is 1.65. The van der Waals surface area contributed by atoms with Gasteiger partial charge in [0.05, 0.1) is 18.4 Å². The number of ether oxygens (including phenoxy) is 1. The van der Waals surface area contributed by atoms with Crippen LogP contribution < -0.4 is 4.72 Å². The van der Waals surface area contributed by atoms with Crippen LogP contribution >= 0.6 is 0 Å². The Balaban J connectivity index is 2.13. The summed E-state index contributed by atoms with van der Waals surface area (Å²) in [5.41, 5.74) is 1.35. The quantitative estimate of drug-likeness (QED) is 0.868. The van der Waals surface area contributed by atoms with Gasteiger partial charge in [0.15, 0.2) is 5.58 Å². The van der Waals surface area contributed by atoms with Crippen LogP contribution in [0.5, 0.6) is 0 Å². The van der Waals surface area contributed by atoms with Gasteiger partial charge >= 0.3 is 0 Å². The topological polar surface area (TPSA) is 81.4 Å². The van der Waals surface area contributed by atoms with Crippen molar-refractivity contribution in [1.29, 1.82) is 0 Å². The number of aromatic nitrogens is 1. The zero-order valence-corrected chi connectivity index (χ0v) is 11.6. The smallest absolute Gasteiger partial charge is 0.214 e. The van der Waals surface area contributed by atoms with E-state index in [1.807, 2.05) is 18.2 Å². The van der Waals surface area contributed by atoms with E-state index < -0.39 is 16.1 Å². The summed E-state index contributed by atoms with van der Waals surface area (Å²) in [6.07, 6.45) is 0. The molecule has 1 aromatic heterocycles. The Labute approximate surface area is 111 Å². The highest BCUT2D eigenvalue weighted by Gasteiger charge is 2.19. The van der Waals surface area contributed by atoms with Crippen molar-refractivity contribution in [3.63, 3.8) is 0 Å². The van der Waals surface area contributed by atoms with Gasteiger partial charge in [0.2, 0.25) is 15.9 Å². The van der Waals surface area contributed by atoms with Gasteiger partial charge < -0.3 is 9.15 Å². The van der Waals surface area contributed by atoms with Gasteiger partial charge in [-0.15, -0.1) is 0 Å². The molecule has 0 saturated carbocycles. The van der Waals surface area contributed by atoms with Crippen LogP contribution in [0.25, 0.3) is 11.1 Å². The average Bonchev–Trinajstić information content (AvgIpc) is 2.80. The maximum atomic E-state index is 11.7. The highest BCUT2D eigenvalue weighted by molar-refractivity contribution is 7.89. The third-order valence-electron chi connectivity index (χ3n) is 2.59. The molecule has 0 spiro atoms. The lowest BCUT2D eigenvalue weighted by Crippen LogP contribution is -2.30. The molecule has 2 aromatic rings. The lowest BCUT2D eigenvalue weighted by Gasteiger charge is -2.10. The highest BCUT2D eigenvalue weighted by Crippen LogP contribution is 2.20. The van der Waals surface area contributed by atoms with Crippen molar-refractivity contribution < 1.29 is 17.6 Å². The van der Waals surface area contributed by atoms with Crippen LogP contribution in [-0.4, -0.2) is 32.9 Å². The highest BCUT2D eigenvalue weighted by atomic mass is 32.2. The molecule has 19 heavy (non-hydrogen) atoms. The van der Waals surface area contributed by atoms with Gasteiger partial charge in [0.25, 0.3) is 0 Å². The van der Waals surface area contributed by atoms with E-state index in [-0.39, 0.29) is 12.4 Å². The van der Waals surface area contributed by atoms with E-state index in [0.29, 0.717) is 17.0 Å². The summed E-state index contributed by atoms with van der Waals surface area (Å²) >= 11 is 0. The first-order valence-corrected chi connectivity index (χ1v) is 7.51. The van der Waals surface area contributed by atoms with E-state index in [1.165, 1.54) is 7.11 Å². The third kappa shape index (κ3) is 3.52. The summed E-state index contributed by atoms with van der Waals surface area (Å²) < 4.78 is 36.2. The summed E-state index contributed by atoms with van der Waals surface area (Å²) in [7, 11) is -1.95. The number of fused-ring (bicyclic) bond motifs is 1. The predicted octanol–water partition coefficient (Wildman–Crippen LogP) is 1.45. The van der Waals surface area contributed by atoms with Gasteiger partial charge in [0.1, 0.15) is 5.52 Å². The lowest BCUT2D eigenvalue weighted by atomic mass is 10.3. The molecule has 2 rings (SSSR count). The average molecular weight is 284 g/mol. The standard InChI is InChI=1S/C12H16N2O4S/c1-9(14-19(15,16)8-7-17-2)12-13-10-5-3-4-6-11(10)18-12/h3-6,9,14H,7-8H2,1-2H3. The molecule has 1 aromatic carbocycles. The first-order chi connectivity index (χ1) is 9.02. The van der Waals surface area contributed by atoms with Crippen LogP contribution in [0.2, 0.25) is 0 Å². The van der Waals surface area contributed by atoms with Crippen LogP contribution in [0, 0.1) is 0 Å². The zero-order valence-electron chi connectivity index (χ0n) is 10.8. The van der Waals surface area contributed by atoms with E-state index in [4.69, 9.17) is 9.15 Å². The molecule has 0 aliphatic heterocycles. The van der Waals surface area contributed by atoms with Gasteiger partial charge in [-0.1, -0.05) is 12.1 Å². The number of hydrogen-bond acceptors (Lipinski definition) is 5. The van der Waals surface area contributed by atoms with E-state index in [9.17, 15) is 8.42 Å². The number of benzene rings is 1. The van der Waals surface area contributed by atoms with Gasteiger partial charge in [0, 0.05) is 7.11 Å². The van der Waals surface area contributed by atoms with Gasteiger partial charge in [-0.2, -0.15) is 0 Å². The number of rotatable bonds is 6. The third-order valence-corrected chi connectivity index (χ3v) is 4.01. The van der Waals surface area contributed by atoms with Gasteiger partial charge in [-0.05, 0) is 19.1 Å². The zero-order chi connectivity index (χ0) is 13.9. The van der Waals surface area contributed by atoms with Crippen LogP contribution in [0.3, 0.4) is 0 Å². The first-order valence-electron chi connectivity index (χ1n) is 5.86. The number of para-hydroxylation sites is 2. The van der Waals surface area contributed by atoms with Crippen LogP contribution in [0.15, 0.2) is 28.7 Å². The van der Waals surface area contributed by atoms with Crippen LogP contribution in [-0.2, 0) is 14.8 Å². The van der Waals surface area contributed by atoms with Gasteiger partial charge in [-0.3, -0.25) is 0 Å². The van der Waals surface area contributed by atoms with Crippen LogP contribution in [0.1, 0.15) is 18.9 Å². The maximum Gasteiger partial charge on any atom is 0.214 e. The monoisotopic (exact) mass is 284 g/mol. The predicted molar refractivity (Wildman–Crippen MR) is 71.2 cm³/mol. The minimum Gasteiger partial charge on any atom is -0.439 e. The molecule has 1 heterocycles.